The molecule has 162 valence electrons. The molecule has 0 aliphatic rings. The SMILES string of the molecule is CCCCCCCCCCC(CCCCCNc1ccc(C(=O)O)cc1)N=[N+]=[N-]. The number of carboxylic acid groups (broad SMARTS) is 1. The van der Waals surface area contributed by atoms with Gasteiger partial charge in [0.15, 0.2) is 0 Å². The van der Waals surface area contributed by atoms with E-state index in [1.165, 1.54) is 44.9 Å². The molecule has 1 atom stereocenters. The normalized spacial score (nSPS) is 11.6. The van der Waals surface area contributed by atoms with Crippen molar-refractivity contribution in [3.63, 3.8) is 0 Å². The minimum Gasteiger partial charge on any atom is -0.478 e. The van der Waals surface area contributed by atoms with Gasteiger partial charge in [-0.2, -0.15) is 0 Å². The van der Waals surface area contributed by atoms with Gasteiger partial charge in [-0.1, -0.05) is 76.2 Å². The minimum absolute atomic E-state index is 0.136. The first-order chi connectivity index (χ1) is 14.2. The van der Waals surface area contributed by atoms with Crippen molar-refractivity contribution in [1.29, 1.82) is 0 Å². The molecule has 2 N–H and O–H groups in total. The van der Waals surface area contributed by atoms with E-state index in [1.54, 1.807) is 24.3 Å². The molecule has 0 aromatic heterocycles. The van der Waals surface area contributed by atoms with Crippen LogP contribution in [0.25, 0.3) is 10.4 Å². The lowest BCUT2D eigenvalue weighted by Gasteiger charge is -2.11. The standard InChI is InChI=1S/C23H38N4O2/c1-2-3-4-5-6-7-8-10-13-22(26-27-24)14-11-9-12-19-25-21-17-15-20(16-18-21)23(28)29/h15-18,22,25H,2-14,19H2,1H3,(H,28,29). The van der Waals surface area contributed by atoms with Crippen molar-refractivity contribution in [2.75, 3.05) is 11.9 Å². The van der Waals surface area contributed by atoms with Crippen LogP contribution >= 0.6 is 0 Å². The summed E-state index contributed by atoms with van der Waals surface area (Å²) in [6, 6.07) is 6.95. The van der Waals surface area contributed by atoms with Gasteiger partial charge < -0.3 is 10.4 Å². The number of azide groups is 1. The van der Waals surface area contributed by atoms with Crippen LogP contribution in [0, 0.1) is 0 Å². The van der Waals surface area contributed by atoms with Gasteiger partial charge in [0, 0.05) is 23.2 Å². The Kier molecular flexibility index (Phi) is 14.3. The number of carboxylic acids is 1. The van der Waals surface area contributed by atoms with Gasteiger partial charge in [0.2, 0.25) is 0 Å². The molecule has 0 heterocycles. The maximum absolute atomic E-state index is 10.8. The van der Waals surface area contributed by atoms with Crippen LogP contribution in [0.5, 0.6) is 0 Å². The van der Waals surface area contributed by atoms with Gasteiger partial charge in [0.1, 0.15) is 0 Å². The molecule has 0 fully saturated rings. The van der Waals surface area contributed by atoms with Gasteiger partial charge in [0.25, 0.3) is 0 Å². The van der Waals surface area contributed by atoms with Gasteiger partial charge in [-0.15, -0.1) is 0 Å². The van der Waals surface area contributed by atoms with E-state index < -0.39 is 5.97 Å². The van der Waals surface area contributed by atoms with Crippen molar-refractivity contribution < 1.29 is 9.90 Å². The van der Waals surface area contributed by atoms with Gasteiger partial charge in [-0.25, -0.2) is 4.79 Å². The second-order valence-electron chi connectivity index (χ2n) is 7.78. The highest BCUT2D eigenvalue weighted by Gasteiger charge is 2.06. The molecule has 1 aromatic rings. The zero-order valence-electron chi connectivity index (χ0n) is 18.0. The molecule has 0 saturated carbocycles. The lowest BCUT2D eigenvalue weighted by molar-refractivity contribution is 0.0697. The monoisotopic (exact) mass is 402 g/mol. The number of benzene rings is 1. The van der Waals surface area contributed by atoms with Crippen molar-refractivity contribution in [3.05, 3.63) is 40.3 Å². The third-order valence-electron chi connectivity index (χ3n) is 5.28. The fourth-order valence-electron chi connectivity index (χ4n) is 3.49. The molecule has 6 nitrogen and oxygen atoms in total. The predicted molar refractivity (Wildman–Crippen MR) is 121 cm³/mol. The maximum Gasteiger partial charge on any atom is 0.335 e. The fraction of sp³-hybridized carbons (Fsp3) is 0.696. The van der Waals surface area contributed by atoms with Gasteiger partial charge in [-0.05, 0) is 49.1 Å². The molecule has 0 saturated heterocycles. The van der Waals surface area contributed by atoms with Crippen LogP contribution in [-0.4, -0.2) is 23.7 Å². The Morgan fingerprint density at radius 2 is 1.52 bits per heavy atom. The maximum atomic E-state index is 10.8. The minimum atomic E-state index is -0.905. The first kappa shape index (κ1) is 24.8. The number of aromatic carboxylic acids is 1. The van der Waals surface area contributed by atoms with E-state index in [0.717, 1.165) is 50.8 Å². The molecular weight excluding hydrogens is 364 g/mol. The van der Waals surface area contributed by atoms with E-state index in [4.69, 9.17) is 10.6 Å². The molecule has 0 aliphatic heterocycles. The van der Waals surface area contributed by atoms with E-state index in [0.29, 0.717) is 5.56 Å². The second-order valence-corrected chi connectivity index (χ2v) is 7.78. The third-order valence-corrected chi connectivity index (χ3v) is 5.28. The van der Waals surface area contributed by atoms with Crippen molar-refractivity contribution in [2.45, 2.75) is 96.4 Å². The molecule has 6 heteroatoms. The number of rotatable bonds is 18. The number of hydrogen-bond donors (Lipinski definition) is 2. The number of hydrogen-bond acceptors (Lipinski definition) is 3. The number of unbranched alkanes of at least 4 members (excludes halogenated alkanes) is 9. The van der Waals surface area contributed by atoms with E-state index in [1.807, 2.05) is 0 Å². The lowest BCUT2D eigenvalue weighted by atomic mass is 10.0. The topological polar surface area (TPSA) is 98.1 Å². The zero-order valence-corrected chi connectivity index (χ0v) is 18.0. The lowest BCUT2D eigenvalue weighted by Crippen LogP contribution is -2.05. The Hall–Kier alpha value is -2.20. The smallest absolute Gasteiger partial charge is 0.335 e. The van der Waals surface area contributed by atoms with Crippen molar-refractivity contribution in [2.24, 2.45) is 5.11 Å². The van der Waals surface area contributed by atoms with Crippen LogP contribution in [0.4, 0.5) is 5.69 Å². The second kappa shape index (κ2) is 16.7. The van der Waals surface area contributed by atoms with Crippen molar-refractivity contribution in [3.8, 4) is 0 Å². The fourth-order valence-corrected chi connectivity index (χ4v) is 3.49. The van der Waals surface area contributed by atoms with Gasteiger partial charge in [0.05, 0.1) is 5.56 Å². The Morgan fingerprint density at radius 3 is 2.07 bits per heavy atom. The summed E-state index contributed by atoms with van der Waals surface area (Å²) in [7, 11) is 0. The van der Waals surface area contributed by atoms with Gasteiger partial charge in [-0.3, -0.25) is 0 Å². The van der Waals surface area contributed by atoms with E-state index in [-0.39, 0.29) is 6.04 Å². The average Bonchev–Trinajstić information content (AvgIpc) is 2.72. The van der Waals surface area contributed by atoms with Crippen LogP contribution in [-0.2, 0) is 0 Å². The van der Waals surface area contributed by atoms with Crippen LogP contribution in [0.2, 0.25) is 0 Å². The summed E-state index contributed by atoms with van der Waals surface area (Å²) in [5.41, 5.74) is 10.0. The highest BCUT2D eigenvalue weighted by molar-refractivity contribution is 5.87. The predicted octanol–water partition coefficient (Wildman–Crippen LogP) is 7.57. The van der Waals surface area contributed by atoms with Crippen LogP contribution < -0.4 is 5.32 Å². The number of nitrogens with one attached hydrogen (secondary N) is 1. The quantitative estimate of drug-likeness (QED) is 0.115. The van der Waals surface area contributed by atoms with E-state index >= 15 is 0 Å². The molecule has 0 spiro atoms. The number of nitrogens with zero attached hydrogens (tertiary/aromatic N) is 3. The summed E-state index contributed by atoms with van der Waals surface area (Å²) in [4.78, 5) is 13.9. The van der Waals surface area contributed by atoms with Crippen molar-refractivity contribution in [1.82, 2.24) is 0 Å². The van der Waals surface area contributed by atoms with E-state index in [9.17, 15) is 4.79 Å². The van der Waals surface area contributed by atoms with Crippen LogP contribution in [0.15, 0.2) is 29.4 Å². The molecule has 0 amide bonds. The van der Waals surface area contributed by atoms with Gasteiger partial charge >= 0.3 is 5.97 Å². The number of anilines is 1. The molecule has 0 radical (unpaired) electrons. The summed E-state index contributed by atoms with van der Waals surface area (Å²) in [5, 5.41) is 16.2. The molecule has 1 unspecified atom stereocenters. The first-order valence-corrected chi connectivity index (χ1v) is 11.3. The molecule has 0 bridgehead atoms. The largest absolute Gasteiger partial charge is 0.478 e. The van der Waals surface area contributed by atoms with Crippen molar-refractivity contribution >= 4 is 11.7 Å². The van der Waals surface area contributed by atoms with E-state index in [2.05, 4.69) is 22.3 Å². The third kappa shape index (κ3) is 12.8. The molecule has 1 rings (SSSR count). The van der Waals surface area contributed by atoms with Crippen LogP contribution in [0.3, 0.4) is 0 Å². The average molecular weight is 403 g/mol. The van der Waals surface area contributed by atoms with Crippen LogP contribution in [0.1, 0.15) is 101 Å². The highest BCUT2D eigenvalue weighted by Crippen LogP contribution is 2.16. The zero-order chi connectivity index (χ0) is 21.2. The Labute approximate surface area is 175 Å². The molecule has 0 aliphatic carbocycles. The Balaban J connectivity index is 2.07. The summed E-state index contributed by atoms with van der Waals surface area (Å²) in [6.45, 7) is 3.10. The Morgan fingerprint density at radius 1 is 0.966 bits per heavy atom. The molecular formula is C23H38N4O2. The molecule has 29 heavy (non-hydrogen) atoms. The summed E-state index contributed by atoms with van der Waals surface area (Å²) >= 11 is 0. The number of carbonyl (C=O) groups is 1. The highest BCUT2D eigenvalue weighted by atomic mass is 16.4. The summed E-state index contributed by atoms with van der Waals surface area (Å²) in [5.74, 6) is -0.905. The summed E-state index contributed by atoms with van der Waals surface area (Å²) < 4.78 is 0. The Bertz CT molecular complexity index is 597. The summed E-state index contributed by atoms with van der Waals surface area (Å²) in [6.07, 6.45) is 15.6. The first-order valence-electron chi connectivity index (χ1n) is 11.3. The molecule has 1 aromatic carbocycles.